The molecule has 0 unspecified atom stereocenters. The van der Waals surface area contributed by atoms with Crippen molar-refractivity contribution in [2.24, 2.45) is 0 Å². The van der Waals surface area contributed by atoms with E-state index in [9.17, 15) is 14.4 Å². The van der Waals surface area contributed by atoms with E-state index in [-0.39, 0.29) is 24.5 Å². The minimum Gasteiger partial charge on any atom is -0.466 e. The Bertz CT molecular complexity index is 1040. The van der Waals surface area contributed by atoms with Crippen LogP contribution in [-0.4, -0.2) is 42.5 Å². The van der Waals surface area contributed by atoms with Gasteiger partial charge in [0.15, 0.2) is 0 Å². The Morgan fingerprint density at radius 1 is 0.944 bits per heavy atom. The summed E-state index contributed by atoms with van der Waals surface area (Å²) in [5, 5.41) is 5.76. The van der Waals surface area contributed by atoms with Gasteiger partial charge in [-0.1, -0.05) is 42.5 Å². The third kappa shape index (κ3) is 8.59. The van der Waals surface area contributed by atoms with Gasteiger partial charge in [-0.05, 0) is 70.6 Å². The number of rotatable bonds is 7. The van der Waals surface area contributed by atoms with Crippen molar-refractivity contribution >= 4 is 23.8 Å². The van der Waals surface area contributed by atoms with Gasteiger partial charge < -0.3 is 19.5 Å². The molecule has 0 atom stereocenters. The van der Waals surface area contributed by atoms with Crippen molar-refractivity contribution in [2.75, 3.05) is 11.9 Å². The molecular formula is C28H36N2O6. The summed E-state index contributed by atoms with van der Waals surface area (Å²) in [5.41, 5.74) is 2.51. The molecule has 2 aromatic carbocycles. The van der Waals surface area contributed by atoms with Gasteiger partial charge in [0.2, 0.25) is 0 Å². The standard InChI is InChI=1S/C28H36N2O6/c1-5-34-25(31)18-19-11-16-23(20-9-7-6-8-10-20)24(17-19)30-26(32)35-22-14-12-21(13-15-22)29-27(33)36-28(2,3)4/h6-11,16-17,21-22H,5,12-15,18H2,1-4H3,(H,29,33)(H,30,32). The van der Waals surface area contributed by atoms with Gasteiger partial charge in [0.1, 0.15) is 11.7 Å². The first-order chi connectivity index (χ1) is 17.1. The zero-order valence-electron chi connectivity index (χ0n) is 21.5. The minimum atomic E-state index is -0.552. The monoisotopic (exact) mass is 496 g/mol. The number of carbonyl (C=O) groups is 3. The van der Waals surface area contributed by atoms with Crippen molar-refractivity contribution < 1.29 is 28.6 Å². The number of amides is 2. The first-order valence-corrected chi connectivity index (χ1v) is 12.4. The normalized spacial score (nSPS) is 17.6. The number of nitrogens with one attached hydrogen (secondary N) is 2. The third-order valence-electron chi connectivity index (χ3n) is 5.73. The van der Waals surface area contributed by atoms with Crippen LogP contribution in [0.15, 0.2) is 48.5 Å². The maximum atomic E-state index is 12.8. The Hall–Kier alpha value is -3.55. The molecule has 2 amide bonds. The van der Waals surface area contributed by atoms with Crippen LogP contribution in [0.2, 0.25) is 0 Å². The van der Waals surface area contributed by atoms with Crippen LogP contribution in [0.3, 0.4) is 0 Å². The van der Waals surface area contributed by atoms with E-state index in [1.165, 1.54) is 0 Å². The number of esters is 1. The maximum absolute atomic E-state index is 12.8. The van der Waals surface area contributed by atoms with Gasteiger partial charge in [-0.25, -0.2) is 9.59 Å². The van der Waals surface area contributed by atoms with Gasteiger partial charge in [0, 0.05) is 11.6 Å². The molecule has 1 saturated carbocycles. The summed E-state index contributed by atoms with van der Waals surface area (Å²) in [7, 11) is 0. The lowest BCUT2D eigenvalue weighted by Crippen LogP contribution is -2.42. The fourth-order valence-electron chi connectivity index (χ4n) is 4.14. The van der Waals surface area contributed by atoms with Crippen molar-refractivity contribution in [1.82, 2.24) is 5.32 Å². The van der Waals surface area contributed by atoms with Gasteiger partial charge in [0.05, 0.1) is 18.7 Å². The summed E-state index contributed by atoms with van der Waals surface area (Å²) >= 11 is 0. The van der Waals surface area contributed by atoms with Crippen LogP contribution in [-0.2, 0) is 25.4 Å². The van der Waals surface area contributed by atoms with E-state index in [0.717, 1.165) is 16.7 Å². The molecule has 3 rings (SSSR count). The van der Waals surface area contributed by atoms with Gasteiger partial charge in [-0.2, -0.15) is 0 Å². The van der Waals surface area contributed by atoms with Crippen LogP contribution in [0.5, 0.6) is 0 Å². The predicted molar refractivity (Wildman–Crippen MR) is 138 cm³/mol. The quantitative estimate of drug-likeness (QED) is 0.369. The SMILES string of the molecule is CCOC(=O)Cc1ccc(-c2ccccc2)c(NC(=O)OC2CCC(NC(=O)OC(C)(C)C)CC2)c1. The average molecular weight is 497 g/mol. The molecule has 1 aliphatic rings. The second kappa shape index (κ2) is 12.4. The second-order valence-electron chi connectivity index (χ2n) is 9.88. The van der Waals surface area contributed by atoms with Crippen molar-refractivity contribution in [1.29, 1.82) is 0 Å². The van der Waals surface area contributed by atoms with Crippen LogP contribution in [0.1, 0.15) is 58.9 Å². The Morgan fingerprint density at radius 3 is 2.28 bits per heavy atom. The Balaban J connectivity index is 1.61. The topological polar surface area (TPSA) is 103 Å². The molecule has 0 spiro atoms. The first kappa shape index (κ1) is 27.0. The predicted octanol–water partition coefficient (Wildman–Crippen LogP) is 5.84. The van der Waals surface area contributed by atoms with E-state index < -0.39 is 17.8 Å². The van der Waals surface area contributed by atoms with Crippen molar-refractivity contribution in [3.8, 4) is 11.1 Å². The molecule has 0 heterocycles. The van der Waals surface area contributed by atoms with E-state index in [4.69, 9.17) is 14.2 Å². The van der Waals surface area contributed by atoms with Crippen molar-refractivity contribution in [3.05, 3.63) is 54.1 Å². The number of benzene rings is 2. The molecule has 194 valence electrons. The number of ether oxygens (including phenoxy) is 3. The summed E-state index contributed by atoms with van der Waals surface area (Å²) in [5.74, 6) is -0.324. The number of hydrogen-bond acceptors (Lipinski definition) is 6. The largest absolute Gasteiger partial charge is 0.466 e. The van der Waals surface area contributed by atoms with Gasteiger partial charge in [0.25, 0.3) is 0 Å². The van der Waals surface area contributed by atoms with Crippen LogP contribution in [0, 0.1) is 0 Å². The lowest BCUT2D eigenvalue weighted by molar-refractivity contribution is -0.142. The molecule has 8 heteroatoms. The van der Waals surface area contributed by atoms with Crippen LogP contribution in [0.25, 0.3) is 11.1 Å². The van der Waals surface area contributed by atoms with Crippen LogP contribution < -0.4 is 10.6 Å². The van der Waals surface area contributed by atoms with E-state index in [1.807, 2.05) is 63.2 Å². The van der Waals surface area contributed by atoms with Crippen LogP contribution in [0.4, 0.5) is 15.3 Å². The molecular weight excluding hydrogens is 460 g/mol. The third-order valence-corrected chi connectivity index (χ3v) is 5.73. The maximum Gasteiger partial charge on any atom is 0.411 e. The molecule has 0 aromatic heterocycles. The van der Waals surface area contributed by atoms with Crippen molar-refractivity contribution in [2.45, 2.75) is 77.5 Å². The number of hydrogen-bond donors (Lipinski definition) is 2. The van der Waals surface area contributed by atoms with Crippen molar-refractivity contribution in [3.63, 3.8) is 0 Å². The molecule has 0 radical (unpaired) electrons. The molecule has 1 aliphatic carbocycles. The first-order valence-electron chi connectivity index (χ1n) is 12.4. The zero-order valence-corrected chi connectivity index (χ0v) is 21.5. The molecule has 0 bridgehead atoms. The highest BCUT2D eigenvalue weighted by molar-refractivity contribution is 5.92. The smallest absolute Gasteiger partial charge is 0.411 e. The molecule has 0 saturated heterocycles. The lowest BCUT2D eigenvalue weighted by atomic mass is 9.93. The van der Waals surface area contributed by atoms with E-state index >= 15 is 0 Å². The molecule has 8 nitrogen and oxygen atoms in total. The fourth-order valence-corrected chi connectivity index (χ4v) is 4.14. The van der Waals surface area contributed by atoms with Crippen LogP contribution >= 0.6 is 0 Å². The molecule has 2 aromatic rings. The highest BCUT2D eigenvalue weighted by Gasteiger charge is 2.27. The van der Waals surface area contributed by atoms with Gasteiger partial charge in [-0.3, -0.25) is 10.1 Å². The highest BCUT2D eigenvalue weighted by Crippen LogP contribution is 2.30. The number of alkyl carbamates (subject to hydrolysis) is 1. The Labute approximate surface area is 212 Å². The summed E-state index contributed by atoms with van der Waals surface area (Å²) in [6.07, 6.45) is 1.56. The van der Waals surface area contributed by atoms with Gasteiger partial charge in [-0.15, -0.1) is 0 Å². The van der Waals surface area contributed by atoms with E-state index in [1.54, 1.807) is 13.0 Å². The molecule has 1 fully saturated rings. The number of carbonyl (C=O) groups excluding carboxylic acids is 3. The summed E-state index contributed by atoms with van der Waals surface area (Å²) in [6, 6.07) is 15.2. The Kier molecular flexibility index (Phi) is 9.33. The summed E-state index contributed by atoms with van der Waals surface area (Å²) in [4.78, 5) is 36.8. The molecule has 36 heavy (non-hydrogen) atoms. The summed E-state index contributed by atoms with van der Waals surface area (Å²) < 4.78 is 16.1. The number of anilines is 1. The average Bonchev–Trinajstić information content (AvgIpc) is 2.80. The van der Waals surface area contributed by atoms with Gasteiger partial charge >= 0.3 is 18.2 Å². The zero-order chi connectivity index (χ0) is 26.1. The van der Waals surface area contributed by atoms with E-state index in [2.05, 4.69) is 10.6 Å². The van der Waals surface area contributed by atoms with E-state index in [0.29, 0.717) is 38.0 Å². The lowest BCUT2D eigenvalue weighted by Gasteiger charge is -2.30. The fraction of sp³-hybridized carbons (Fsp3) is 0.464. The Morgan fingerprint density at radius 2 is 1.64 bits per heavy atom. The molecule has 0 aliphatic heterocycles. The molecule has 2 N–H and O–H groups in total. The second-order valence-corrected chi connectivity index (χ2v) is 9.88. The summed E-state index contributed by atoms with van der Waals surface area (Å²) in [6.45, 7) is 7.55. The minimum absolute atomic E-state index is 0.00740. The highest BCUT2D eigenvalue weighted by atomic mass is 16.6.